The van der Waals surface area contributed by atoms with Crippen molar-refractivity contribution in [1.82, 2.24) is 9.96 Å². The number of hydrogen-bond acceptors (Lipinski definition) is 2. The molecule has 2 fully saturated rings. The Bertz CT molecular complexity index is 134. The normalized spacial score (nSPS) is 35.2. The fourth-order valence-corrected chi connectivity index (χ4v) is 1.93. The maximum atomic E-state index is 11.0. The smallest absolute Gasteiger partial charge is 0.0912 e. The first-order valence-electron chi connectivity index (χ1n) is 4.56. The first-order valence-corrected chi connectivity index (χ1v) is 4.56. The highest BCUT2D eigenvalue weighted by atomic mass is 16.5. The van der Waals surface area contributed by atoms with Crippen LogP contribution in [0.2, 0.25) is 0 Å². The van der Waals surface area contributed by atoms with Gasteiger partial charge in [0.2, 0.25) is 0 Å². The van der Waals surface area contributed by atoms with E-state index in [0.717, 1.165) is 26.1 Å². The third-order valence-corrected chi connectivity index (χ3v) is 2.75. The maximum Gasteiger partial charge on any atom is 0.0912 e. The van der Waals surface area contributed by atoms with Crippen molar-refractivity contribution < 1.29 is 5.21 Å². The Kier molecular flexibility index (Phi) is 2.11. The molecule has 0 N–H and O–H groups in total. The Balaban J connectivity index is 1.83. The van der Waals surface area contributed by atoms with E-state index in [9.17, 15) is 5.21 Å². The Morgan fingerprint density at radius 1 is 1.00 bits per heavy atom. The summed E-state index contributed by atoms with van der Waals surface area (Å²) in [6, 6.07) is 0. The first-order chi connectivity index (χ1) is 5.38. The minimum absolute atomic E-state index is 0.246. The van der Waals surface area contributed by atoms with Gasteiger partial charge in [-0.1, -0.05) is 6.42 Å². The molecule has 3 nitrogen and oxygen atoms in total. The number of hydrogen-bond donors (Lipinski definition) is 0. The summed E-state index contributed by atoms with van der Waals surface area (Å²) < 4.78 is 0. The van der Waals surface area contributed by atoms with Gasteiger partial charge in [-0.2, -0.15) is 0 Å². The predicted octanol–water partition coefficient (Wildman–Crippen LogP) is 0.850. The number of likely N-dealkylation sites (tertiary alicyclic amines) is 1. The Labute approximate surface area is 67.6 Å². The molecule has 0 saturated carbocycles. The number of hydroxylamine groups is 2. The third-order valence-electron chi connectivity index (χ3n) is 2.75. The molecule has 2 aliphatic heterocycles. The highest BCUT2D eigenvalue weighted by molar-refractivity contribution is 4.79. The van der Waals surface area contributed by atoms with Crippen LogP contribution >= 0.6 is 0 Å². The van der Waals surface area contributed by atoms with Crippen molar-refractivity contribution in [3.05, 3.63) is 0 Å². The summed E-state index contributed by atoms with van der Waals surface area (Å²) in [4.78, 5) is 2.33. The molecule has 0 spiro atoms. The largest absolute Gasteiger partial charge is 0.286 e. The molecule has 1 atom stereocenters. The molecule has 1 unspecified atom stereocenters. The zero-order valence-corrected chi connectivity index (χ0v) is 6.83. The topological polar surface area (TPSA) is 26.4 Å². The van der Waals surface area contributed by atoms with Crippen molar-refractivity contribution in [3.8, 4) is 0 Å². The van der Waals surface area contributed by atoms with Gasteiger partial charge in [0.25, 0.3) is 0 Å². The van der Waals surface area contributed by atoms with E-state index in [1.165, 1.54) is 24.3 Å². The van der Waals surface area contributed by atoms with E-state index in [1.807, 2.05) is 0 Å². The average molecular weight is 155 g/mol. The third kappa shape index (κ3) is 1.41. The molecule has 0 bridgehead atoms. The second-order valence-corrected chi connectivity index (χ2v) is 3.51. The number of rotatable bonds is 1. The van der Waals surface area contributed by atoms with Crippen LogP contribution in [0.15, 0.2) is 0 Å². The van der Waals surface area contributed by atoms with Crippen molar-refractivity contribution in [2.75, 3.05) is 19.6 Å². The van der Waals surface area contributed by atoms with Crippen molar-refractivity contribution in [3.63, 3.8) is 0 Å². The molecule has 1 radical (unpaired) electrons. The van der Waals surface area contributed by atoms with Crippen LogP contribution in [0.5, 0.6) is 0 Å². The van der Waals surface area contributed by atoms with E-state index in [4.69, 9.17) is 0 Å². The quantitative estimate of drug-likeness (QED) is 0.561. The molecule has 0 aromatic rings. The average Bonchev–Trinajstić information content (AvgIpc) is 2.04. The van der Waals surface area contributed by atoms with Crippen LogP contribution in [0.25, 0.3) is 0 Å². The first kappa shape index (κ1) is 7.53. The van der Waals surface area contributed by atoms with Gasteiger partial charge in [0.05, 0.1) is 6.17 Å². The molecule has 0 aromatic heterocycles. The van der Waals surface area contributed by atoms with E-state index in [-0.39, 0.29) is 6.17 Å². The number of nitrogens with zero attached hydrogens (tertiary/aromatic N) is 2. The van der Waals surface area contributed by atoms with Crippen LogP contribution < -0.4 is 0 Å². The second-order valence-electron chi connectivity index (χ2n) is 3.51. The Morgan fingerprint density at radius 3 is 2.18 bits per heavy atom. The summed E-state index contributed by atoms with van der Waals surface area (Å²) in [7, 11) is 0. The summed E-state index contributed by atoms with van der Waals surface area (Å²) >= 11 is 0. The molecular formula is C8H15N2O. The lowest BCUT2D eigenvalue weighted by Gasteiger charge is -2.43. The van der Waals surface area contributed by atoms with E-state index in [1.54, 1.807) is 0 Å². The molecule has 3 heteroatoms. The van der Waals surface area contributed by atoms with Crippen LogP contribution in [0.1, 0.15) is 25.7 Å². The molecule has 2 aliphatic rings. The molecular weight excluding hydrogens is 140 g/mol. The summed E-state index contributed by atoms with van der Waals surface area (Å²) in [6.45, 7) is 3.04. The van der Waals surface area contributed by atoms with Gasteiger partial charge in [0.15, 0.2) is 0 Å². The Hall–Kier alpha value is -0.120. The van der Waals surface area contributed by atoms with Crippen molar-refractivity contribution in [2.24, 2.45) is 0 Å². The van der Waals surface area contributed by atoms with E-state index in [2.05, 4.69) is 4.90 Å². The monoisotopic (exact) mass is 155 g/mol. The highest BCUT2D eigenvalue weighted by Crippen LogP contribution is 2.22. The van der Waals surface area contributed by atoms with Crippen molar-refractivity contribution in [1.29, 1.82) is 0 Å². The fraction of sp³-hybridized carbons (Fsp3) is 1.00. The van der Waals surface area contributed by atoms with E-state index in [0.29, 0.717) is 0 Å². The van der Waals surface area contributed by atoms with Gasteiger partial charge in [-0.05, 0) is 32.4 Å². The van der Waals surface area contributed by atoms with Gasteiger partial charge in [-0.3, -0.25) is 4.90 Å². The van der Waals surface area contributed by atoms with Gasteiger partial charge in [0.1, 0.15) is 0 Å². The highest BCUT2D eigenvalue weighted by Gasteiger charge is 2.33. The maximum absolute atomic E-state index is 11.0. The standard InChI is InChI=1S/C8H15N2O/c11-10-7-4-8(10)9-5-2-1-3-6-9/h8H,1-7H2. The van der Waals surface area contributed by atoms with E-state index < -0.39 is 0 Å². The van der Waals surface area contributed by atoms with Crippen LogP contribution in [-0.2, 0) is 5.21 Å². The lowest BCUT2D eigenvalue weighted by atomic mass is 10.1. The van der Waals surface area contributed by atoms with Gasteiger partial charge < -0.3 is 0 Å². The van der Waals surface area contributed by atoms with Gasteiger partial charge in [-0.25, -0.2) is 0 Å². The van der Waals surface area contributed by atoms with Crippen LogP contribution in [0.4, 0.5) is 0 Å². The summed E-state index contributed by atoms with van der Waals surface area (Å²) in [6.07, 6.45) is 5.25. The number of piperidine rings is 1. The molecule has 11 heavy (non-hydrogen) atoms. The molecule has 0 aromatic carbocycles. The molecule has 2 rings (SSSR count). The lowest BCUT2D eigenvalue weighted by Crippen LogP contribution is -2.56. The van der Waals surface area contributed by atoms with Crippen LogP contribution in [0.3, 0.4) is 0 Å². The lowest BCUT2D eigenvalue weighted by molar-refractivity contribution is -0.274. The van der Waals surface area contributed by atoms with Crippen LogP contribution in [-0.4, -0.2) is 35.8 Å². The summed E-state index contributed by atoms with van der Waals surface area (Å²) in [5.41, 5.74) is 0. The second kappa shape index (κ2) is 3.09. The van der Waals surface area contributed by atoms with Crippen molar-refractivity contribution >= 4 is 0 Å². The fourth-order valence-electron chi connectivity index (χ4n) is 1.93. The minimum atomic E-state index is 0.246. The molecule has 2 heterocycles. The SMILES string of the molecule is [O]N1CCC1N1CCCCC1. The van der Waals surface area contributed by atoms with Crippen molar-refractivity contribution in [2.45, 2.75) is 31.8 Å². The minimum Gasteiger partial charge on any atom is -0.286 e. The summed E-state index contributed by atoms with van der Waals surface area (Å²) in [5, 5.41) is 12.2. The molecule has 0 aliphatic carbocycles. The Morgan fingerprint density at radius 2 is 1.73 bits per heavy atom. The van der Waals surface area contributed by atoms with E-state index >= 15 is 0 Å². The van der Waals surface area contributed by atoms with Gasteiger partial charge >= 0.3 is 0 Å². The summed E-state index contributed by atoms with van der Waals surface area (Å²) in [5.74, 6) is 0. The van der Waals surface area contributed by atoms with Gasteiger partial charge in [-0.15, -0.1) is 10.3 Å². The zero-order chi connectivity index (χ0) is 7.68. The van der Waals surface area contributed by atoms with Crippen LogP contribution in [0, 0.1) is 0 Å². The predicted molar refractivity (Wildman–Crippen MR) is 41.2 cm³/mol. The molecule has 63 valence electrons. The zero-order valence-electron chi connectivity index (χ0n) is 6.83. The van der Waals surface area contributed by atoms with Gasteiger partial charge in [0, 0.05) is 6.54 Å². The molecule has 2 saturated heterocycles. The molecule has 0 amide bonds.